The minimum absolute atomic E-state index is 0.00777. The fraction of sp³-hybridized carbons (Fsp3) is 0.250. The summed E-state index contributed by atoms with van der Waals surface area (Å²) in [5.74, 6) is 0.407. The monoisotopic (exact) mass is 401 g/mol. The van der Waals surface area contributed by atoms with Gasteiger partial charge < -0.3 is 19.4 Å². The van der Waals surface area contributed by atoms with Crippen molar-refractivity contribution in [3.8, 4) is 5.75 Å². The van der Waals surface area contributed by atoms with Crippen molar-refractivity contribution in [2.45, 2.75) is 19.5 Å². The van der Waals surface area contributed by atoms with Crippen LogP contribution in [0.3, 0.4) is 0 Å². The van der Waals surface area contributed by atoms with Gasteiger partial charge >= 0.3 is 5.97 Å². The summed E-state index contributed by atoms with van der Waals surface area (Å²) in [7, 11) is 1.33. The first kappa shape index (κ1) is 19.7. The Morgan fingerprint density at radius 3 is 2.61 bits per heavy atom. The Balaban J connectivity index is 1.72. The molecule has 1 heterocycles. The summed E-state index contributed by atoms with van der Waals surface area (Å²) >= 11 is 5.83. The minimum Gasteiger partial charge on any atom is -0.484 e. The Bertz CT molecular complexity index is 985. The second-order valence-corrected chi connectivity index (χ2v) is 6.59. The van der Waals surface area contributed by atoms with E-state index in [4.69, 9.17) is 21.1 Å². The van der Waals surface area contributed by atoms with Gasteiger partial charge in [0.15, 0.2) is 6.61 Å². The van der Waals surface area contributed by atoms with E-state index < -0.39 is 12.0 Å². The number of nitrogens with one attached hydrogen (secondary N) is 1. The SMILES string of the molecule is COC(=O)Cn1c(C(C)NC(=O)COc2ccc(Cl)cc2)nc2ccccc21. The first-order chi connectivity index (χ1) is 13.5. The molecule has 7 nitrogen and oxygen atoms in total. The fourth-order valence-electron chi connectivity index (χ4n) is 2.81. The lowest BCUT2D eigenvalue weighted by Gasteiger charge is -2.16. The lowest BCUT2D eigenvalue weighted by molar-refractivity contribution is -0.141. The fourth-order valence-corrected chi connectivity index (χ4v) is 2.94. The van der Waals surface area contributed by atoms with Crippen LogP contribution in [0.15, 0.2) is 48.5 Å². The van der Waals surface area contributed by atoms with E-state index in [1.165, 1.54) is 7.11 Å². The third-order valence-electron chi connectivity index (χ3n) is 4.15. The summed E-state index contributed by atoms with van der Waals surface area (Å²) in [6.07, 6.45) is 0. The van der Waals surface area contributed by atoms with Crippen molar-refractivity contribution < 1.29 is 19.1 Å². The van der Waals surface area contributed by atoms with Crippen molar-refractivity contribution in [1.29, 1.82) is 0 Å². The normalized spacial score (nSPS) is 11.8. The number of benzene rings is 2. The highest BCUT2D eigenvalue weighted by atomic mass is 35.5. The molecule has 0 aliphatic rings. The molecule has 0 fully saturated rings. The van der Waals surface area contributed by atoms with Gasteiger partial charge in [0, 0.05) is 5.02 Å². The number of methoxy groups -OCH3 is 1. The molecule has 0 radical (unpaired) electrons. The molecule has 1 unspecified atom stereocenters. The molecule has 28 heavy (non-hydrogen) atoms. The number of imidazole rings is 1. The van der Waals surface area contributed by atoms with Gasteiger partial charge in [-0.1, -0.05) is 23.7 Å². The molecule has 3 rings (SSSR count). The molecule has 8 heteroatoms. The molecule has 0 aliphatic heterocycles. The number of aromatic nitrogens is 2. The number of nitrogens with zero attached hydrogens (tertiary/aromatic N) is 2. The standard InChI is InChI=1S/C20H20ClN3O4/c1-13(22-18(25)12-28-15-9-7-14(21)8-10-15)20-23-16-5-3-4-6-17(16)24(20)11-19(26)27-2/h3-10,13H,11-12H2,1-2H3,(H,22,25). The van der Waals surface area contributed by atoms with Gasteiger partial charge in [0.25, 0.3) is 5.91 Å². The molecule has 146 valence electrons. The average molecular weight is 402 g/mol. The van der Waals surface area contributed by atoms with Crippen LogP contribution in [-0.4, -0.2) is 35.1 Å². The molecule has 0 aliphatic carbocycles. The van der Waals surface area contributed by atoms with E-state index in [0.717, 1.165) is 11.0 Å². The van der Waals surface area contributed by atoms with Crippen LogP contribution in [0.25, 0.3) is 11.0 Å². The molecule has 1 atom stereocenters. The number of amides is 1. The molecule has 1 N–H and O–H groups in total. The van der Waals surface area contributed by atoms with E-state index in [0.29, 0.717) is 16.6 Å². The van der Waals surface area contributed by atoms with Gasteiger partial charge in [-0.2, -0.15) is 0 Å². The average Bonchev–Trinajstić information content (AvgIpc) is 3.06. The number of rotatable bonds is 7. The maximum Gasteiger partial charge on any atom is 0.325 e. The molecular weight excluding hydrogens is 382 g/mol. The quantitative estimate of drug-likeness (QED) is 0.615. The molecule has 3 aromatic rings. The summed E-state index contributed by atoms with van der Waals surface area (Å²) in [5, 5.41) is 3.44. The van der Waals surface area contributed by atoms with Crippen molar-refractivity contribution >= 4 is 34.5 Å². The highest BCUT2D eigenvalue weighted by Gasteiger charge is 2.20. The van der Waals surface area contributed by atoms with E-state index in [1.807, 2.05) is 24.3 Å². The smallest absolute Gasteiger partial charge is 0.325 e. The zero-order valence-corrected chi connectivity index (χ0v) is 16.3. The maximum atomic E-state index is 12.3. The van der Waals surface area contributed by atoms with Gasteiger partial charge in [0.1, 0.15) is 18.1 Å². The Morgan fingerprint density at radius 1 is 1.18 bits per heavy atom. The Morgan fingerprint density at radius 2 is 1.89 bits per heavy atom. The third-order valence-corrected chi connectivity index (χ3v) is 4.40. The van der Waals surface area contributed by atoms with Crippen molar-refractivity contribution in [2.75, 3.05) is 13.7 Å². The lowest BCUT2D eigenvalue weighted by atomic mass is 10.3. The largest absolute Gasteiger partial charge is 0.484 e. The van der Waals surface area contributed by atoms with Crippen LogP contribution >= 0.6 is 11.6 Å². The lowest BCUT2D eigenvalue weighted by Crippen LogP contribution is -2.33. The van der Waals surface area contributed by atoms with Gasteiger partial charge in [0.05, 0.1) is 24.2 Å². The molecule has 2 aromatic carbocycles. The number of para-hydroxylation sites is 2. The molecule has 0 bridgehead atoms. The Hall–Kier alpha value is -3.06. The number of carbonyl (C=O) groups excluding carboxylic acids is 2. The van der Waals surface area contributed by atoms with Gasteiger partial charge in [-0.25, -0.2) is 4.98 Å². The number of halogens is 1. The van der Waals surface area contributed by atoms with E-state index in [1.54, 1.807) is 35.8 Å². The van der Waals surface area contributed by atoms with Gasteiger partial charge in [-0.15, -0.1) is 0 Å². The number of hydrogen-bond donors (Lipinski definition) is 1. The van der Waals surface area contributed by atoms with Crippen LogP contribution in [0.4, 0.5) is 0 Å². The molecule has 1 aromatic heterocycles. The highest BCUT2D eigenvalue weighted by molar-refractivity contribution is 6.30. The maximum absolute atomic E-state index is 12.3. The van der Waals surface area contributed by atoms with E-state index >= 15 is 0 Å². The number of hydrogen-bond acceptors (Lipinski definition) is 5. The summed E-state index contributed by atoms with van der Waals surface area (Å²) in [6, 6.07) is 13.8. The van der Waals surface area contributed by atoms with Gasteiger partial charge in [0.2, 0.25) is 0 Å². The molecule has 0 saturated heterocycles. The van der Waals surface area contributed by atoms with Gasteiger partial charge in [-0.05, 0) is 43.3 Å². The summed E-state index contributed by atoms with van der Waals surface area (Å²) in [6.45, 7) is 1.66. The second-order valence-electron chi connectivity index (χ2n) is 6.15. The number of ether oxygens (including phenoxy) is 2. The van der Waals surface area contributed by atoms with E-state index in [2.05, 4.69) is 10.3 Å². The van der Waals surface area contributed by atoms with E-state index in [9.17, 15) is 9.59 Å². The molecule has 1 amide bonds. The van der Waals surface area contributed by atoms with Crippen molar-refractivity contribution in [3.05, 3.63) is 59.4 Å². The summed E-state index contributed by atoms with van der Waals surface area (Å²) in [4.78, 5) is 28.7. The second kappa shape index (κ2) is 8.75. The van der Waals surface area contributed by atoms with Gasteiger partial charge in [-0.3, -0.25) is 9.59 Å². The van der Waals surface area contributed by atoms with Crippen LogP contribution in [0, 0.1) is 0 Å². The summed E-state index contributed by atoms with van der Waals surface area (Å²) in [5.41, 5.74) is 1.53. The third kappa shape index (κ3) is 4.61. The van der Waals surface area contributed by atoms with Crippen molar-refractivity contribution in [3.63, 3.8) is 0 Å². The zero-order valence-electron chi connectivity index (χ0n) is 15.5. The molecule has 0 saturated carbocycles. The topological polar surface area (TPSA) is 82.5 Å². The summed E-state index contributed by atoms with van der Waals surface area (Å²) < 4.78 is 12.0. The van der Waals surface area contributed by atoms with Crippen LogP contribution < -0.4 is 10.1 Å². The number of carbonyl (C=O) groups is 2. The predicted octanol–water partition coefficient (Wildman–Crippen LogP) is 3.12. The first-order valence-electron chi connectivity index (χ1n) is 8.67. The predicted molar refractivity (Wildman–Crippen MR) is 105 cm³/mol. The first-order valence-corrected chi connectivity index (χ1v) is 9.05. The number of esters is 1. The molecule has 0 spiro atoms. The Kier molecular flexibility index (Phi) is 6.16. The zero-order chi connectivity index (χ0) is 20.1. The van der Waals surface area contributed by atoms with Crippen LogP contribution in [-0.2, 0) is 20.9 Å². The van der Waals surface area contributed by atoms with Crippen LogP contribution in [0.2, 0.25) is 5.02 Å². The van der Waals surface area contributed by atoms with Crippen molar-refractivity contribution in [1.82, 2.24) is 14.9 Å². The minimum atomic E-state index is -0.432. The van der Waals surface area contributed by atoms with E-state index in [-0.39, 0.29) is 19.1 Å². The Labute approximate surface area is 167 Å². The number of fused-ring (bicyclic) bond motifs is 1. The van der Waals surface area contributed by atoms with Crippen LogP contribution in [0.5, 0.6) is 5.75 Å². The molecular formula is C20H20ClN3O4. The highest BCUT2D eigenvalue weighted by Crippen LogP contribution is 2.21. The van der Waals surface area contributed by atoms with Crippen molar-refractivity contribution in [2.24, 2.45) is 0 Å². The van der Waals surface area contributed by atoms with Crippen LogP contribution in [0.1, 0.15) is 18.8 Å².